The van der Waals surface area contributed by atoms with Crippen molar-refractivity contribution in [3.63, 3.8) is 0 Å². The summed E-state index contributed by atoms with van der Waals surface area (Å²) >= 11 is 7.44. The van der Waals surface area contributed by atoms with Gasteiger partial charge >= 0.3 is 5.97 Å². The summed E-state index contributed by atoms with van der Waals surface area (Å²) < 4.78 is 5.66. The van der Waals surface area contributed by atoms with Gasteiger partial charge in [-0.05, 0) is 72.6 Å². The van der Waals surface area contributed by atoms with Crippen molar-refractivity contribution in [2.75, 3.05) is 0 Å². The number of rotatable bonds is 5. The van der Waals surface area contributed by atoms with Gasteiger partial charge in [0.05, 0.1) is 10.3 Å². The molecule has 174 valence electrons. The van der Waals surface area contributed by atoms with E-state index in [0.717, 1.165) is 59.9 Å². The van der Waals surface area contributed by atoms with Gasteiger partial charge in [-0.3, -0.25) is 9.59 Å². The number of esters is 1. The van der Waals surface area contributed by atoms with Crippen LogP contribution in [0.25, 0.3) is 16.7 Å². The Balaban J connectivity index is 1.83. The van der Waals surface area contributed by atoms with E-state index >= 15 is 0 Å². The SMILES string of the molecule is Cc1cc(-c2ccc(Cl)cc2)cc(C)c1C1=C(OC(=O)CC(C)C)C2(CCCCC2)SC1=O. The summed E-state index contributed by atoms with van der Waals surface area (Å²) in [7, 11) is 0. The molecule has 0 radical (unpaired) electrons. The van der Waals surface area contributed by atoms with Crippen LogP contribution in [0.3, 0.4) is 0 Å². The molecular formula is C28H31ClO3S. The van der Waals surface area contributed by atoms with E-state index in [-0.39, 0.29) is 17.0 Å². The fourth-order valence-electron chi connectivity index (χ4n) is 5.06. The fraction of sp³-hybridized carbons (Fsp3) is 0.429. The van der Waals surface area contributed by atoms with Gasteiger partial charge in [-0.15, -0.1) is 0 Å². The maximum absolute atomic E-state index is 13.5. The quantitative estimate of drug-likeness (QED) is 0.406. The maximum Gasteiger partial charge on any atom is 0.311 e. The van der Waals surface area contributed by atoms with E-state index < -0.39 is 4.75 Å². The lowest BCUT2D eigenvalue weighted by atomic mass is 9.83. The molecule has 0 saturated heterocycles. The topological polar surface area (TPSA) is 43.4 Å². The van der Waals surface area contributed by atoms with Crippen LogP contribution in [0.5, 0.6) is 0 Å². The molecule has 1 aliphatic carbocycles. The van der Waals surface area contributed by atoms with Gasteiger partial charge in [0.1, 0.15) is 5.76 Å². The van der Waals surface area contributed by atoms with Crippen molar-refractivity contribution < 1.29 is 14.3 Å². The third-order valence-electron chi connectivity index (χ3n) is 6.55. The first-order valence-corrected chi connectivity index (χ1v) is 13.0. The highest BCUT2D eigenvalue weighted by Crippen LogP contribution is 2.55. The molecule has 2 aromatic carbocycles. The van der Waals surface area contributed by atoms with E-state index in [1.807, 2.05) is 52.0 Å². The van der Waals surface area contributed by atoms with Gasteiger partial charge in [0, 0.05) is 11.4 Å². The lowest BCUT2D eigenvalue weighted by Gasteiger charge is -2.33. The molecule has 0 N–H and O–H groups in total. The number of aryl methyl sites for hydroxylation is 2. The van der Waals surface area contributed by atoms with E-state index in [0.29, 0.717) is 22.8 Å². The van der Waals surface area contributed by atoms with Crippen LogP contribution in [-0.4, -0.2) is 15.8 Å². The van der Waals surface area contributed by atoms with E-state index in [4.69, 9.17) is 16.3 Å². The summed E-state index contributed by atoms with van der Waals surface area (Å²) in [4.78, 5) is 26.2. The third kappa shape index (κ3) is 4.93. The van der Waals surface area contributed by atoms with Crippen molar-refractivity contribution in [2.45, 2.75) is 71.0 Å². The van der Waals surface area contributed by atoms with Crippen LogP contribution in [0.4, 0.5) is 0 Å². The smallest absolute Gasteiger partial charge is 0.311 e. The van der Waals surface area contributed by atoms with Crippen molar-refractivity contribution >= 4 is 40.0 Å². The predicted molar refractivity (Wildman–Crippen MR) is 137 cm³/mol. The average Bonchev–Trinajstić information content (AvgIpc) is 2.98. The summed E-state index contributed by atoms with van der Waals surface area (Å²) in [5.41, 5.74) is 5.67. The molecule has 0 unspecified atom stereocenters. The predicted octanol–water partition coefficient (Wildman–Crippen LogP) is 7.90. The first kappa shape index (κ1) is 24.1. The molecule has 5 heteroatoms. The van der Waals surface area contributed by atoms with Gasteiger partial charge in [-0.2, -0.15) is 0 Å². The van der Waals surface area contributed by atoms with Gasteiger partial charge in [0.15, 0.2) is 0 Å². The summed E-state index contributed by atoms with van der Waals surface area (Å²) in [6, 6.07) is 12.0. The molecule has 1 heterocycles. The highest BCUT2D eigenvalue weighted by Gasteiger charge is 2.50. The molecule has 0 bridgehead atoms. The molecule has 3 nitrogen and oxygen atoms in total. The largest absolute Gasteiger partial charge is 0.429 e. The van der Waals surface area contributed by atoms with Crippen molar-refractivity contribution in [3.8, 4) is 11.1 Å². The van der Waals surface area contributed by atoms with Gasteiger partial charge in [-0.25, -0.2) is 0 Å². The first-order chi connectivity index (χ1) is 15.7. The maximum atomic E-state index is 13.5. The highest BCUT2D eigenvalue weighted by atomic mass is 35.5. The normalized spacial score (nSPS) is 17.8. The molecule has 1 fully saturated rings. The second-order valence-corrected chi connectivity index (χ2v) is 11.5. The monoisotopic (exact) mass is 482 g/mol. The highest BCUT2D eigenvalue weighted by molar-refractivity contribution is 8.16. The Bertz CT molecular complexity index is 1090. The molecule has 0 atom stereocenters. The number of hydrogen-bond donors (Lipinski definition) is 0. The minimum absolute atomic E-state index is 0.0229. The van der Waals surface area contributed by atoms with Crippen LogP contribution in [0, 0.1) is 19.8 Å². The average molecular weight is 483 g/mol. The van der Waals surface area contributed by atoms with E-state index in [9.17, 15) is 9.59 Å². The zero-order chi connectivity index (χ0) is 23.8. The molecule has 1 saturated carbocycles. The summed E-state index contributed by atoms with van der Waals surface area (Å²) in [5.74, 6) is 0.565. The van der Waals surface area contributed by atoms with Crippen molar-refractivity contribution in [1.29, 1.82) is 0 Å². The van der Waals surface area contributed by atoms with Crippen LogP contribution in [0.15, 0.2) is 42.2 Å². The number of halogens is 1. The number of ether oxygens (including phenoxy) is 1. The van der Waals surface area contributed by atoms with E-state index in [2.05, 4.69) is 12.1 Å². The van der Waals surface area contributed by atoms with E-state index in [1.54, 1.807) is 0 Å². The van der Waals surface area contributed by atoms with Crippen molar-refractivity contribution in [3.05, 3.63) is 63.9 Å². The van der Waals surface area contributed by atoms with Crippen LogP contribution >= 0.6 is 23.4 Å². The van der Waals surface area contributed by atoms with Crippen molar-refractivity contribution in [2.24, 2.45) is 5.92 Å². The Morgan fingerprint density at radius 3 is 2.21 bits per heavy atom. The molecular weight excluding hydrogens is 452 g/mol. The molecule has 2 aromatic rings. The minimum atomic E-state index is -0.412. The lowest BCUT2D eigenvalue weighted by molar-refractivity contribution is -0.140. The molecule has 33 heavy (non-hydrogen) atoms. The lowest BCUT2D eigenvalue weighted by Crippen LogP contribution is -2.31. The Labute approximate surface area is 205 Å². The Hall–Kier alpha value is -2.04. The minimum Gasteiger partial charge on any atom is -0.429 e. The van der Waals surface area contributed by atoms with Crippen LogP contribution in [0.2, 0.25) is 5.02 Å². The Morgan fingerprint density at radius 2 is 1.64 bits per heavy atom. The van der Waals surface area contributed by atoms with Crippen LogP contribution in [0.1, 0.15) is 69.1 Å². The molecule has 0 amide bonds. The first-order valence-electron chi connectivity index (χ1n) is 11.8. The fourth-order valence-corrected chi connectivity index (χ4v) is 6.57. The van der Waals surface area contributed by atoms with Crippen LogP contribution in [-0.2, 0) is 14.3 Å². The van der Waals surface area contributed by atoms with Crippen LogP contribution < -0.4 is 0 Å². The summed E-state index contributed by atoms with van der Waals surface area (Å²) in [5, 5.41) is 0.725. The zero-order valence-corrected chi connectivity index (χ0v) is 21.4. The summed E-state index contributed by atoms with van der Waals surface area (Å²) in [6.07, 6.45) is 5.35. The zero-order valence-electron chi connectivity index (χ0n) is 19.8. The number of carbonyl (C=O) groups is 2. The number of carbonyl (C=O) groups excluding carboxylic acids is 2. The molecule has 0 aromatic heterocycles. The van der Waals surface area contributed by atoms with Gasteiger partial charge in [-0.1, -0.05) is 80.7 Å². The standard InChI is InChI=1S/C28H31ClO3S/c1-17(2)14-23(30)32-26-25(27(31)33-28(26)12-6-5-7-13-28)24-18(3)15-21(16-19(24)4)20-8-10-22(29)11-9-20/h8-11,15-17H,5-7,12-14H2,1-4H3. The molecule has 2 aliphatic rings. The second kappa shape index (κ2) is 9.68. The van der Waals surface area contributed by atoms with Crippen molar-refractivity contribution in [1.82, 2.24) is 0 Å². The number of thioether (sulfide) groups is 1. The number of benzene rings is 2. The van der Waals surface area contributed by atoms with E-state index in [1.165, 1.54) is 11.8 Å². The molecule has 1 aliphatic heterocycles. The third-order valence-corrected chi connectivity index (χ3v) is 8.17. The summed E-state index contributed by atoms with van der Waals surface area (Å²) in [6.45, 7) is 8.08. The molecule has 1 spiro atoms. The Kier molecular flexibility index (Phi) is 7.07. The van der Waals surface area contributed by atoms with Gasteiger partial charge in [0.2, 0.25) is 5.12 Å². The van der Waals surface area contributed by atoms with Gasteiger partial charge in [0.25, 0.3) is 0 Å². The number of hydrogen-bond acceptors (Lipinski definition) is 4. The molecule has 4 rings (SSSR count). The second-order valence-electron chi connectivity index (χ2n) is 9.71. The Morgan fingerprint density at radius 1 is 1.03 bits per heavy atom. The van der Waals surface area contributed by atoms with Gasteiger partial charge < -0.3 is 4.74 Å².